The van der Waals surface area contributed by atoms with Gasteiger partial charge in [-0.2, -0.15) is 0 Å². The zero-order valence-corrected chi connectivity index (χ0v) is 10.1. The Morgan fingerprint density at radius 1 is 1.47 bits per heavy atom. The highest BCUT2D eigenvalue weighted by Gasteiger charge is 2.22. The molecule has 15 heavy (non-hydrogen) atoms. The maximum atomic E-state index is 13.8. The molecular weight excluding hydrogens is 236 g/mol. The summed E-state index contributed by atoms with van der Waals surface area (Å²) in [6.45, 7) is 2.72. The van der Waals surface area contributed by atoms with E-state index in [2.05, 4.69) is 5.32 Å². The van der Waals surface area contributed by atoms with Crippen LogP contribution in [0.15, 0.2) is 12.1 Å². The Kier molecular flexibility index (Phi) is 4.38. The van der Waals surface area contributed by atoms with Gasteiger partial charge in [-0.15, -0.1) is 12.4 Å². The Labute approximate surface area is 100 Å². The fraction of sp³-hybridized carbons (Fsp3) is 0.455. The van der Waals surface area contributed by atoms with Crippen molar-refractivity contribution < 1.29 is 4.39 Å². The Morgan fingerprint density at radius 2 is 2.20 bits per heavy atom. The fourth-order valence-electron chi connectivity index (χ4n) is 1.93. The van der Waals surface area contributed by atoms with Crippen molar-refractivity contribution in [2.45, 2.75) is 25.8 Å². The number of hydrogen-bond acceptors (Lipinski definition) is 1. The van der Waals surface area contributed by atoms with E-state index in [0.29, 0.717) is 16.1 Å². The predicted molar refractivity (Wildman–Crippen MR) is 63.4 cm³/mol. The molecule has 0 saturated carbocycles. The van der Waals surface area contributed by atoms with Crippen LogP contribution in [-0.4, -0.2) is 6.54 Å². The Balaban J connectivity index is 0.00000112. The van der Waals surface area contributed by atoms with Crippen LogP contribution in [0.25, 0.3) is 0 Å². The quantitative estimate of drug-likeness (QED) is 0.802. The molecule has 0 amide bonds. The number of aryl methyl sites for hydroxylation is 1. The lowest BCUT2D eigenvalue weighted by atomic mass is 10.0. The molecule has 1 fully saturated rings. The van der Waals surface area contributed by atoms with Crippen molar-refractivity contribution in [3.63, 3.8) is 0 Å². The van der Waals surface area contributed by atoms with Crippen molar-refractivity contribution >= 4 is 24.0 Å². The van der Waals surface area contributed by atoms with Crippen LogP contribution in [0.3, 0.4) is 0 Å². The van der Waals surface area contributed by atoms with Gasteiger partial charge in [0.15, 0.2) is 0 Å². The Morgan fingerprint density at radius 3 is 2.80 bits per heavy atom. The molecule has 4 heteroatoms. The molecule has 1 nitrogen and oxygen atoms in total. The van der Waals surface area contributed by atoms with Crippen LogP contribution in [0.4, 0.5) is 4.39 Å². The molecule has 0 aromatic heterocycles. The summed E-state index contributed by atoms with van der Waals surface area (Å²) in [5.41, 5.74) is 1.31. The maximum absolute atomic E-state index is 13.8. The van der Waals surface area contributed by atoms with E-state index in [9.17, 15) is 4.39 Å². The van der Waals surface area contributed by atoms with Crippen LogP contribution in [0.1, 0.15) is 30.0 Å². The summed E-state index contributed by atoms with van der Waals surface area (Å²) in [4.78, 5) is 0. The van der Waals surface area contributed by atoms with Gasteiger partial charge in [-0.1, -0.05) is 17.7 Å². The monoisotopic (exact) mass is 249 g/mol. The lowest BCUT2D eigenvalue weighted by Crippen LogP contribution is -2.15. The average molecular weight is 250 g/mol. The SMILES string of the molecule is Cc1ccc(Cl)c([C@@H]2CCCN2)c1F.Cl. The summed E-state index contributed by atoms with van der Waals surface area (Å²) < 4.78 is 13.8. The van der Waals surface area contributed by atoms with Crippen molar-refractivity contribution in [3.05, 3.63) is 34.1 Å². The molecule has 0 bridgehead atoms. The smallest absolute Gasteiger partial charge is 0.132 e. The van der Waals surface area contributed by atoms with Gasteiger partial charge in [0.25, 0.3) is 0 Å². The summed E-state index contributed by atoms with van der Waals surface area (Å²) in [6, 6.07) is 3.59. The van der Waals surface area contributed by atoms with Gasteiger partial charge in [0, 0.05) is 16.6 Å². The van der Waals surface area contributed by atoms with Crippen LogP contribution in [0, 0.1) is 12.7 Å². The summed E-state index contributed by atoms with van der Waals surface area (Å²) in [7, 11) is 0. The van der Waals surface area contributed by atoms with E-state index in [1.807, 2.05) is 0 Å². The topological polar surface area (TPSA) is 12.0 Å². The number of halogens is 3. The molecule has 1 aliphatic rings. The molecule has 84 valence electrons. The lowest BCUT2D eigenvalue weighted by Gasteiger charge is -2.14. The molecule has 1 N–H and O–H groups in total. The van der Waals surface area contributed by atoms with E-state index < -0.39 is 0 Å². The van der Waals surface area contributed by atoms with Gasteiger partial charge in [0.2, 0.25) is 0 Å². The molecule has 1 atom stereocenters. The van der Waals surface area contributed by atoms with Gasteiger partial charge in [-0.25, -0.2) is 4.39 Å². The van der Waals surface area contributed by atoms with Crippen LogP contribution in [-0.2, 0) is 0 Å². The highest BCUT2D eigenvalue weighted by Crippen LogP contribution is 2.32. The molecule has 2 rings (SSSR count). The third kappa shape index (κ3) is 2.44. The van der Waals surface area contributed by atoms with Gasteiger partial charge in [0.1, 0.15) is 5.82 Å². The van der Waals surface area contributed by atoms with Gasteiger partial charge in [-0.3, -0.25) is 0 Å². The van der Waals surface area contributed by atoms with Gasteiger partial charge >= 0.3 is 0 Å². The first kappa shape index (κ1) is 12.8. The minimum Gasteiger partial charge on any atom is -0.310 e. The highest BCUT2D eigenvalue weighted by molar-refractivity contribution is 6.31. The standard InChI is InChI=1S/C11H13ClFN.ClH/c1-7-4-5-8(12)10(11(7)13)9-3-2-6-14-9;/h4-5,9,14H,2-3,6H2,1H3;1H/t9-;/m0./s1. The second-order valence-corrected chi connectivity index (χ2v) is 4.15. The molecule has 1 aromatic rings. The maximum Gasteiger partial charge on any atom is 0.132 e. The number of nitrogens with one attached hydrogen (secondary N) is 1. The number of benzene rings is 1. The predicted octanol–water partition coefficient (Wildman–Crippen LogP) is 3.63. The second-order valence-electron chi connectivity index (χ2n) is 3.74. The summed E-state index contributed by atoms with van der Waals surface area (Å²) >= 11 is 6.00. The molecule has 0 aliphatic carbocycles. The van der Waals surface area contributed by atoms with Crippen molar-refractivity contribution in [1.29, 1.82) is 0 Å². The number of rotatable bonds is 1. The van der Waals surface area contributed by atoms with Gasteiger partial charge in [-0.05, 0) is 37.9 Å². The lowest BCUT2D eigenvalue weighted by molar-refractivity contribution is 0.553. The van der Waals surface area contributed by atoms with Gasteiger partial charge < -0.3 is 5.32 Å². The van der Waals surface area contributed by atoms with E-state index >= 15 is 0 Å². The molecule has 0 radical (unpaired) electrons. The van der Waals surface area contributed by atoms with Crippen LogP contribution >= 0.6 is 24.0 Å². The normalized spacial score (nSPS) is 20.1. The highest BCUT2D eigenvalue weighted by atomic mass is 35.5. The van der Waals surface area contributed by atoms with Crippen LogP contribution < -0.4 is 5.32 Å². The largest absolute Gasteiger partial charge is 0.310 e. The summed E-state index contributed by atoms with van der Waals surface area (Å²) in [5, 5.41) is 3.79. The first-order chi connectivity index (χ1) is 6.70. The van der Waals surface area contributed by atoms with E-state index in [1.165, 1.54) is 0 Å². The van der Waals surface area contributed by atoms with Crippen molar-refractivity contribution in [2.75, 3.05) is 6.54 Å². The van der Waals surface area contributed by atoms with Gasteiger partial charge in [0.05, 0.1) is 0 Å². The second kappa shape index (κ2) is 5.15. The Hall–Kier alpha value is -0.310. The van der Waals surface area contributed by atoms with Crippen molar-refractivity contribution in [3.8, 4) is 0 Å². The third-order valence-corrected chi connectivity index (χ3v) is 3.06. The van der Waals surface area contributed by atoms with Crippen LogP contribution in [0.5, 0.6) is 0 Å². The Bertz CT molecular complexity index is 349. The summed E-state index contributed by atoms with van der Waals surface area (Å²) in [6.07, 6.45) is 2.06. The zero-order chi connectivity index (χ0) is 10.1. The first-order valence-electron chi connectivity index (χ1n) is 4.88. The molecular formula is C11H14Cl2FN. The van der Waals surface area contributed by atoms with E-state index in [1.54, 1.807) is 19.1 Å². The third-order valence-electron chi connectivity index (χ3n) is 2.73. The van der Waals surface area contributed by atoms with E-state index in [0.717, 1.165) is 19.4 Å². The summed E-state index contributed by atoms with van der Waals surface area (Å²) in [5.74, 6) is -0.156. The van der Waals surface area contributed by atoms with Crippen LogP contribution in [0.2, 0.25) is 5.02 Å². The average Bonchev–Trinajstić information content (AvgIpc) is 2.65. The number of hydrogen-bond donors (Lipinski definition) is 1. The van der Waals surface area contributed by atoms with E-state index in [-0.39, 0.29) is 24.3 Å². The first-order valence-corrected chi connectivity index (χ1v) is 5.26. The fourth-order valence-corrected chi connectivity index (χ4v) is 2.21. The molecule has 0 spiro atoms. The molecule has 1 aliphatic heterocycles. The molecule has 1 aromatic carbocycles. The minimum absolute atomic E-state index is 0. The molecule has 1 saturated heterocycles. The van der Waals surface area contributed by atoms with Crippen molar-refractivity contribution in [1.82, 2.24) is 5.32 Å². The molecule has 1 heterocycles. The van der Waals surface area contributed by atoms with E-state index in [4.69, 9.17) is 11.6 Å². The van der Waals surface area contributed by atoms with Crippen molar-refractivity contribution in [2.24, 2.45) is 0 Å². The molecule has 0 unspecified atom stereocenters. The minimum atomic E-state index is -0.156. The zero-order valence-electron chi connectivity index (χ0n) is 8.52.